The minimum absolute atomic E-state index is 0.339. The van der Waals surface area contributed by atoms with Crippen molar-refractivity contribution in [1.29, 1.82) is 0 Å². The van der Waals surface area contributed by atoms with Gasteiger partial charge in [0.15, 0.2) is 0 Å². The highest BCUT2D eigenvalue weighted by Gasteiger charge is 2.21. The summed E-state index contributed by atoms with van der Waals surface area (Å²) < 4.78 is 0. The maximum atomic E-state index is 5.99. The topological polar surface area (TPSA) is 29.3 Å². The molecule has 1 aliphatic heterocycles. The number of nitrogens with two attached hydrogens (primary N) is 1. The maximum absolute atomic E-state index is 5.99. The molecular formula is C12H17ClN2. The Bertz CT molecular complexity index is 321. The van der Waals surface area contributed by atoms with Gasteiger partial charge in [-0.05, 0) is 43.6 Å². The first-order chi connectivity index (χ1) is 7.31. The fraction of sp³-hybridized carbons (Fsp3) is 0.500. The lowest BCUT2D eigenvalue weighted by atomic mass is 10.1. The van der Waals surface area contributed by atoms with Crippen molar-refractivity contribution in [3.05, 3.63) is 34.9 Å². The molecule has 1 heterocycles. The average Bonchev–Trinajstić information content (AvgIpc) is 2.72. The molecule has 0 spiro atoms. The second kappa shape index (κ2) is 4.97. The van der Waals surface area contributed by atoms with Crippen LogP contribution in [0.2, 0.25) is 5.02 Å². The van der Waals surface area contributed by atoms with E-state index in [2.05, 4.69) is 11.0 Å². The molecule has 0 aromatic heterocycles. The van der Waals surface area contributed by atoms with Gasteiger partial charge in [-0.1, -0.05) is 23.7 Å². The molecule has 1 fully saturated rings. The highest BCUT2D eigenvalue weighted by atomic mass is 35.5. The summed E-state index contributed by atoms with van der Waals surface area (Å²) in [6, 6.07) is 8.38. The molecule has 15 heavy (non-hydrogen) atoms. The predicted octanol–water partition coefficient (Wildman–Crippen LogP) is 2.44. The molecule has 2 nitrogen and oxygen atoms in total. The van der Waals surface area contributed by atoms with Gasteiger partial charge in [0.1, 0.15) is 0 Å². The van der Waals surface area contributed by atoms with Gasteiger partial charge in [-0.25, -0.2) is 0 Å². The normalized spacial score (nSPS) is 19.3. The van der Waals surface area contributed by atoms with Crippen molar-refractivity contribution >= 4 is 11.6 Å². The number of benzene rings is 1. The van der Waals surface area contributed by atoms with Crippen molar-refractivity contribution in [3.63, 3.8) is 0 Å². The zero-order valence-corrected chi connectivity index (χ0v) is 9.58. The van der Waals surface area contributed by atoms with Crippen LogP contribution in [0.25, 0.3) is 0 Å². The Hall–Kier alpha value is -0.570. The standard InChI is InChI=1S/C12H17ClN2/c13-11-5-3-4-10(8-11)12(9-14)15-6-1-2-7-15/h3-5,8,12H,1-2,6-7,9,14H2. The summed E-state index contributed by atoms with van der Waals surface area (Å²) in [5, 5.41) is 0.796. The number of halogens is 1. The highest BCUT2D eigenvalue weighted by molar-refractivity contribution is 6.30. The summed E-state index contributed by atoms with van der Waals surface area (Å²) in [6.45, 7) is 2.99. The van der Waals surface area contributed by atoms with E-state index in [0.29, 0.717) is 12.6 Å². The van der Waals surface area contributed by atoms with Crippen LogP contribution in [0.15, 0.2) is 24.3 Å². The van der Waals surface area contributed by atoms with Crippen molar-refractivity contribution in [1.82, 2.24) is 4.90 Å². The molecule has 0 aliphatic carbocycles. The van der Waals surface area contributed by atoms with E-state index in [-0.39, 0.29) is 0 Å². The first-order valence-corrected chi connectivity index (χ1v) is 5.88. The van der Waals surface area contributed by atoms with Crippen LogP contribution >= 0.6 is 11.6 Å². The number of hydrogen-bond donors (Lipinski definition) is 1. The first kappa shape index (κ1) is 10.9. The fourth-order valence-corrected chi connectivity index (χ4v) is 2.46. The molecule has 1 unspecified atom stereocenters. The Labute approximate surface area is 96.0 Å². The second-order valence-electron chi connectivity index (χ2n) is 4.05. The zero-order valence-electron chi connectivity index (χ0n) is 8.82. The molecule has 82 valence electrons. The molecule has 0 saturated carbocycles. The number of rotatable bonds is 3. The number of nitrogens with zero attached hydrogens (tertiary/aromatic N) is 1. The monoisotopic (exact) mass is 224 g/mol. The molecule has 1 saturated heterocycles. The Morgan fingerprint density at radius 1 is 1.33 bits per heavy atom. The van der Waals surface area contributed by atoms with Crippen molar-refractivity contribution in [2.75, 3.05) is 19.6 Å². The molecule has 2 N–H and O–H groups in total. The van der Waals surface area contributed by atoms with Gasteiger partial charge in [0, 0.05) is 17.6 Å². The molecule has 1 aromatic carbocycles. The van der Waals surface area contributed by atoms with Crippen LogP contribution in [-0.2, 0) is 0 Å². The van der Waals surface area contributed by atoms with E-state index in [1.54, 1.807) is 0 Å². The Morgan fingerprint density at radius 3 is 2.67 bits per heavy atom. The third-order valence-corrected chi connectivity index (χ3v) is 3.27. The molecule has 1 aliphatic rings. The van der Waals surface area contributed by atoms with E-state index in [9.17, 15) is 0 Å². The van der Waals surface area contributed by atoms with E-state index >= 15 is 0 Å². The SMILES string of the molecule is NCC(c1cccc(Cl)c1)N1CCCC1. The molecule has 3 heteroatoms. The quantitative estimate of drug-likeness (QED) is 0.855. The van der Waals surface area contributed by atoms with E-state index in [4.69, 9.17) is 17.3 Å². The van der Waals surface area contributed by atoms with E-state index in [1.807, 2.05) is 18.2 Å². The minimum Gasteiger partial charge on any atom is -0.329 e. The highest BCUT2D eigenvalue weighted by Crippen LogP contribution is 2.25. The molecule has 2 rings (SSSR count). The summed E-state index contributed by atoms with van der Waals surface area (Å²) in [6.07, 6.45) is 2.58. The summed E-state index contributed by atoms with van der Waals surface area (Å²) in [7, 11) is 0. The average molecular weight is 225 g/mol. The Kier molecular flexibility index (Phi) is 3.62. The van der Waals surface area contributed by atoms with Gasteiger partial charge in [-0.2, -0.15) is 0 Å². The third-order valence-electron chi connectivity index (χ3n) is 3.04. The van der Waals surface area contributed by atoms with E-state index in [0.717, 1.165) is 18.1 Å². The maximum Gasteiger partial charge on any atom is 0.0470 e. The predicted molar refractivity (Wildman–Crippen MR) is 64.1 cm³/mol. The van der Waals surface area contributed by atoms with Crippen LogP contribution in [-0.4, -0.2) is 24.5 Å². The number of hydrogen-bond acceptors (Lipinski definition) is 2. The molecule has 1 aromatic rings. The zero-order chi connectivity index (χ0) is 10.7. The van der Waals surface area contributed by atoms with Crippen molar-refractivity contribution in [3.8, 4) is 0 Å². The van der Waals surface area contributed by atoms with Gasteiger partial charge in [-0.15, -0.1) is 0 Å². The summed E-state index contributed by atoms with van der Waals surface area (Å²) in [5.74, 6) is 0. The second-order valence-corrected chi connectivity index (χ2v) is 4.49. The van der Waals surface area contributed by atoms with Gasteiger partial charge in [-0.3, -0.25) is 4.90 Å². The van der Waals surface area contributed by atoms with Gasteiger partial charge in [0.2, 0.25) is 0 Å². The third kappa shape index (κ3) is 2.51. The van der Waals surface area contributed by atoms with E-state index < -0.39 is 0 Å². The Balaban J connectivity index is 2.18. The Morgan fingerprint density at radius 2 is 2.07 bits per heavy atom. The van der Waals surface area contributed by atoms with Crippen molar-refractivity contribution < 1.29 is 0 Å². The molecule has 0 bridgehead atoms. The lowest BCUT2D eigenvalue weighted by Crippen LogP contribution is -2.31. The first-order valence-electron chi connectivity index (χ1n) is 5.51. The van der Waals surface area contributed by atoms with Crippen LogP contribution < -0.4 is 5.73 Å². The van der Waals surface area contributed by atoms with Crippen LogP contribution in [0.4, 0.5) is 0 Å². The molecule has 0 radical (unpaired) electrons. The van der Waals surface area contributed by atoms with Crippen LogP contribution in [0, 0.1) is 0 Å². The van der Waals surface area contributed by atoms with Crippen LogP contribution in [0.1, 0.15) is 24.4 Å². The smallest absolute Gasteiger partial charge is 0.0470 e. The van der Waals surface area contributed by atoms with E-state index in [1.165, 1.54) is 18.4 Å². The molecule has 1 atom stereocenters. The van der Waals surface area contributed by atoms with Gasteiger partial charge < -0.3 is 5.73 Å². The molecule has 0 amide bonds. The van der Waals surface area contributed by atoms with Gasteiger partial charge in [0.05, 0.1) is 0 Å². The minimum atomic E-state index is 0.339. The largest absolute Gasteiger partial charge is 0.329 e. The molecular weight excluding hydrogens is 208 g/mol. The van der Waals surface area contributed by atoms with Gasteiger partial charge in [0.25, 0.3) is 0 Å². The van der Waals surface area contributed by atoms with Crippen molar-refractivity contribution in [2.45, 2.75) is 18.9 Å². The summed E-state index contributed by atoms with van der Waals surface area (Å²) in [4.78, 5) is 2.45. The van der Waals surface area contributed by atoms with Gasteiger partial charge >= 0.3 is 0 Å². The van der Waals surface area contributed by atoms with Crippen LogP contribution in [0.3, 0.4) is 0 Å². The summed E-state index contributed by atoms with van der Waals surface area (Å²) in [5.41, 5.74) is 7.09. The summed E-state index contributed by atoms with van der Waals surface area (Å²) >= 11 is 5.99. The van der Waals surface area contributed by atoms with Crippen LogP contribution in [0.5, 0.6) is 0 Å². The lowest BCUT2D eigenvalue weighted by molar-refractivity contribution is 0.251. The number of likely N-dealkylation sites (tertiary alicyclic amines) is 1. The van der Waals surface area contributed by atoms with Crippen molar-refractivity contribution in [2.24, 2.45) is 5.73 Å². The fourth-order valence-electron chi connectivity index (χ4n) is 2.26. The lowest BCUT2D eigenvalue weighted by Gasteiger charge is -2.26.